The highest BCUT2D eigenvalue weighted by molar-refractivity contribution is 5.99. The van der Waals surface area contributed by atoms with Gasteiger partial charge in [0.15, 0.2) is 12.1 Å². The fraction of sp³-hybridized carbons (Fsp3) is 0.388. The number of fused-ring (bicyclic) bond motifs is 9. The molecule has 0 spiro atoms. The van der Waals surface area contributed by atoms with Crippen molar-refractivity contribution < 1.29 is 58.7 Å². The lowest BCUT2D eigenvalue weighted by atomic mass is 9.86. The molecule has 0 fully saturated rings. The van der Waals surface area contributed by atoms with E-state index < -0.39 is 115 Å². The number of hydrogen-bond donors (Lipinski definition) is 15. The first-order valence-corrected chi connectivity index (χ1v) is 23.3. The summed E-state index contributed by atoms with van der Waals surface area (Å²) in [6, 6.07) is 6.83. The number of hydrogen-bond acceptors (Lipinski definition) is 14. The second-order valence-corrected chi connectivity index (χ2v) is 17.4. The molecule has 0 saturated carbocycles. The van der Waals surface area contributed by atoms with Gasteiger partial charge in [-0.15, -0.1) is 5.92 Å². The first-order valence-electron chi connectivity index (χ1n) is 23.3. The fourth-order valence-corrected chi connectivity index (χ4v) is 8.50. The van der Waals surface area contributed by atoms with Gasteiger partial charge in [0, 0.05) is 61.4 Å². The van der Waals surface area contributed by atoms with Crippen molar-refractivity contribution in [2.45, 2.75) is 93.0 Å². The van der Waals surface area contributed by atoms with E-state index in [-0.39, 0.29) is 49.5 Å². The van der Waals surface area contributed by atoms with Gasteiger partial charge < -0.3 is 84.6 Å². The number of H-pyrrole nitrogens is 1. The van der Waals surface area contributed by atoms with Gasteiger partial charge in [0.2, 0.25) is 35.4 Å². The second kappa shape index (κ2) is 24.7. The predicted molar refractivity (Wildman–Crippen MR) is 265 cm³/mol. The average Bonchev–Trinajstić information content (AvgIpc) is 3.79. The molecule has 10 atom stereocenters. The quantitative estimate of drug-likeness (QED) is 0.0339. The van der Waals surface area contributed by atoms with Crippen LogP contribution >= 0.6 is 0 Å². The van der Waals surface area contributed by atoms with E-state index in [0.29, 0.717) is 33.3 Å². The third kappa shape index (κ3) is 13.4. The van der Waals surface area contributed by atoms with E-state index in [0.717, 1.165) is 0 Å². The number of para-hydroxylation sites is 1. The van der Waals surface area contributed by atoms with Crippen molar-refractivity contribution in [3.05, 3.63) is 95.2 Å². The van der Waals surface area contributed by atoms with Crippen molar-refractivity contribution in [2.24, 2.45) is 22.2 Å². The number of carbonyl (C=O) groups excluding carboxylic acids is 6. The number of aliphatic imine (C=N–C) groups is 1. The highest BCUT2D eigenvalue weighted by Gasteiger charge is 2.42. The van der Waals surface area contributed by atoms with Gasteiger partial charge >= 0.3 is 5.97 Å². The number of nitrogens with one attached hydrogen (secondary N) is 8. The summed E-state index contributed by atoms with van der Waals surface area (Å²) in [6.07, 6.45) is -1.82. The molecule has 73 heavy (non-hydrogen) atoms. The summed E-state index contributed by atoms with van der Waals surface area (Å²) < 4.78 is 6.75. The Bertz CT molecular complexity index is 2770. The molecule has 3 aliphatic heterocycles. The van der Waals surface area contributed by atoms with Gasteiger partial charge in [0.25, 0.3) is 0 Å². The van der Waals surface area contributed by atoms with Crippen molar-refractivity contribution in [2.75, 3.05) is 32.1 Å². The van der Waals surface area contributed by atoms with Crippen LogP contribution in [0.15, 0.2) is 77.9 Å². The number of nitrogens with two attached hydrogens (primary N) is 3. The highest BCUT2D eigenvalue weighted by Crippen LogP contribution is 2.38. The highest BCUT2D eigenvalue weighted by atomic mass is 16.5. The average molecular weight is 1010 g/mol. The van der Waals surface area contributed by atoms with E-state index in [4.69, 9.17) is 21.9 Å². The maximum Gasteiger partial charge on any atom is 0.326 e. The summed E-state index contributed by atoms with van der Waals surface area (Å²) in [5, 5.41) is 60.4. The molecule has 0 saturated heterocycles. The van der Waals surface area contributed by atoms with Crippen molar-refractivity contribution in [1.82, 2.24) is 36.9 Å². The Labute approximate surface area is 418 Å². The van der Waals surface area contributed by atoms with Crippen LogP contribution in [-0.2, 0) is 46.4 Å². The molecule has 1 unspecified atom stereocenters. The van der Waals surface area contributed by atoms with Gasteiger partial charge in [-0.2, -0.15) is 0 Å². The van der Waals surface area contributed by atoms with Gasteiger partial charge in [0.05, 0.1) is 31.0 Å². The van der Waals surface area contributed by atoms with Gasteiger partial charge in [-0.25, -0.2) is 4.79 Å². The standard InChI is InChI=1S/C49H60N12O12/c1-24(64)37-45(68)60-39(46(69)58-34(22-62)43(66)56-33(48(71)72)19-25-9-4-3-5-10-25)28(17-18-54-49(51)52)27-15-16-29-30(21-55-32(29)20-27)41-40(47(70)59-37)61-44(67)35(23-63)57-42(65)31(50)13-7-6-11-26-12-8-14-36(73-41)38(26)53-2/h3-5,8-10,12,14-16,20-21,24,28,31,33-35,37,39-41,53,55,62-64H,11,13,17-19,22-23,50H2,1-2H3,(H,56,66)(H,57,65)(H,58,69)(H,59,70)(H,60,68)(H,61,67)(H,71,72)(H4,51,52,54)/t24-,28+,31+,33+,34?,35+,37+,39+,40+,41-/m1/s1. The number of aliphatic carboxylic acids is 1. The topological polar surface area (TPSA) is 400 Å². The first-order chi connectivity index (χ1) is 34.9. The number of aromatic amines is 1. The number of anilines is 1. The van der Waals surface area contributed by atoms with E-state index in [1.165, 1.54) is 13.1 Å². The number of aromatic nitrogens is 1. The Balaban J connectivity index is 1.49. The normalized spacial score (nSPS) is 22.7. The lowest BCUT2D eigenvalue weighted by Gasteiger charge is -2.34. The molecule has 4 heterocycles. The van der Waals surface area contributed by atoms with E-state index in [1.807, 2.05) is 0 Å². The molecule has 3 aromatic carbocycles. The van der Waals surface area contributed by atoms with Gasteiger partial charge in [0.1, 0.15) is 42.0 Å². The van der Waals surface area contributed by atoms with Crippen LogP contribution in [0.2, 0.25) is 0 Å². The maximum atomic E-state index is 15.0. The Morgan fingerprint density at radius 3 is 2.32 bits per heavy atom. The van der Waals surface area contributed by atoms with Crippen LogP contribution in [0.4, 0.5) is 5.69 Å². The minimum absolute atomic E-state index is 0.0595. The Morgan fingerprint density at radius 2 is 1.64 bits per heavy atom. The Kier molecular flexibility index (Phi) is 18.3. The number of nitrogens with zero attached hydrogens (tertiary/aromatic N) is 1. The molecule has 4 aromatic rings. The number of aliphatic hydroxyl groups excluding tert-OH is 3. The molecule has 7 rings (SSSR count). The third-order valence-corrected chi connectivity index (χ3v) is 12.3. The van der Waals surface area contributed by atoms with Crippen LogP contribution in [0.3, 0.4) is 0 Å². The second-order valence-electron chi connectivity index (χ2n) is 17.4. The van der Waals surface area contributed by atoms with Crippen LogP contribution in [0, 0.1) is 11.8 Å². The number of aliphatic hydroxyl groups is 3. The van der Waals surface area contributed by atoms with Crippen LogP contribution in [-0.4, -0.2) is 148 Å². The molecular formula is C49H60N12O12. The van der Waals surface area contributed by atoms with Crippen LogP contribution in [0.5, 0.6) is 5.75 Å². The molecule has 6 amide bonds. The molecule has 3 aliphatic rings. The number of amides is 6. The fourth-order valence-electron chi connectivity index (χ4n) is 8.50. The van der Waals surface area contributed by atoms with Crippen molar-refractivity contribution in [3.63, 3.8) is 0 Å². The number of carboxylic acid groups (broad SMARTS) is 1. The molecular weight excluding hydrogens is 949 g/mol. The summed E-state index contributed by atoms with van der Waals surface area (Å²) in [7, 11) is 1.64. The van der Waals surface area contributed by atoms with Gasteiger partial charge in [-0.3, -0.25) is 33.8 Å². The van der Waals surface area contributed by atoms with Crippen LogP contribution in [0.25, 0.3) is 10.9 Å². The summed E-state index contributed by atoms with van der Waals surface area (Å²) in [6.45, 7) is -0.905. The summed E-state index contributed by atoms with van der Waals surface area (Å²) >= 11 is 0. The first kappa shape index (κ1) is 54.1. The van der Waals surface area contributed by atoms with Gasteiger partial charge in [-0.05, 0) is 42.2 Å². The molecule has 1 aromatic heterocycles. The van der Waals surface area contributed by atoms with Crippen LogP contribution in [0.1, 0.15) is 54.0 Å². The molecule has 24 heteroatoms. The molecule has 18 N–H and O–H groups in total. The number of ether oxygens (including phenoxy) is 1. The lowest BCUT2D eigenvalue weighted by Crippen LogP contribution is -2.63. The summed E-state index contributed by atoms with van der Waals surface area (Å²) in [4.78, 5) is 105. The van der Waals surface area contributed by atoms with Crippen LogP contribution < -0.4 is 59.2 Å². The zero-order valence-corrected chi connectivity index (χ0v) is 39.9. The Morgan fingerprint density at radius 1 is 0.890 bits per heavy atom. The summed E-state index contributed by atoms with van der Waals surface area (Å²) in [5.41, 5.74) is 20.2. The van der Waals surface area contributed by atoms with Crippen molar-refractivity contribution in [1.29, 1.82) is 0 Å². The van der Waals surface area contributed by atoms with E-state index in [1.54, 1.807) is 73.8 Å². The minimum atomic E-state index is -1.90. The van der Waals surface area contributed by atoms with E-state index in [9.17, 15) is 49.2 Å². The molecule has 0 radical (unpaired) electrons. The molecule has 388 valence electrons. The van der Waals surface area contributed by atoms with Gasteiger partial charge in [-0.1, -0.05) is 60.5 Å². The number of rotatable bonds is 14. The number of carboxylic acids is 1. The minimum Gasteiger partial charge on any atom is -0.481 e. The SMILES string of the molecule is CNc1c2cccc1O[C@@H]1c3c[nH]c4cc(ccc34)[C@H](CCN=C(N)N)[C@@H](C(=O)NC(CO)C(=O)N[C@@H](Cc3ccccc3)C(=O)O)NC(=O)[C@H]([C@@H](C)O)NC(=O)[C@H]1NC(=O)[C@H](CO)NC(=O)[C@@H](N)CC#CC2. The predicted octanol–water partition coefficient (Wildman–Crippen LogP) is -3.03. The van der Waals surface area contributed by atoms with E-state index in [2.05, 4.69) is 59.0 Å². The smallest absolute Gasteiger partial charge is 0.326 e. The number of benzene rings is 3. The lowest BCUT2D eigenvalue weighted by molar-refractivity contribution is -0.142. The Hall–Kier alpha value is -8.24. The van der Waals surface area contributed by atoms with E-state index >= 15 is 4.79 Å². The monoisotopic (exact) mass is 1010 g/mol. The summed E-state index contributed by atoms with van der Waals surface area (Å²) in [5.74, 6) is -3.00. The maximum absolute atomic E-state index is 15.0. The third-order valence-electron chi connectivity index (χ3n) is 12.3. The number of guanidine groups is 1. The molecule has 0 aliphatic carbocycles. The zero-order valence-electron chi connectivity index (χ0n) is 39.9. The molecule has 6 bridgehead atoms. The molecule has 24 nitrogen and oxygen atoms in total. The number of carbonyl (C=O) groups is 7. The largest absolute Gasteiger partial charge is 0.481 e. The van der Waals surface area contributed by atoms with Crippen molar-refractivity contribution >= 4 is 64.0 Å². The zero-order chi connectivity index (χ0) is 52.9. The van der Waals surface area contributed by atoms with Crippen molar-refractivity contribution in [3.8, 4) is 17.6 Å².